The van der Waals surface area contributed by atoms with E-state index in [9.17, 15) is 19.0 Å². The van der Waals surface area contributed by atoms with Crippen LogP contribution in [0.4, 0.5) is 8.78 Å². The Morgan fingerprint density at radius 1 is 1.14 bits per heavy atom. The largest absolute Gasteiger partial charge is 0.507 e. The van der Waals surface area contributed by atoms with Gasteiger partial charge in [0.05, 0.1) is 11.9 Å². The quantitative estimate of drug-likeness (QED) is 0.896. The van der Waals surface area contributed by atoms with E-state index < -0.39 is 17.4 Å². The Morgan fingerprint density at radius 2 is 1.86 bits per heavy atom. The second kappa shape index (κ2) is 5.91. The van der Waals surface area contributed by atoms with Gasteiger partial charge in [0.2, 0.25) is 0 Å². The Labute approximate surface area is 121 Å². The average Bonchev–Trinajstić information content (AvgIpc) is 2.42. The summed E-state index contributed by atoms with van der Waals surface area (Å²) in [6.45, 7) is 3.48. The fraction of sp³-hybridized carbons (Fsp3) is 0.188. The highest BCUT2D eigenvalue weighted by Gasteiger charge is 2.18. The molecule has 0 atom stereocenters. The molecule has 110 valence electrons. The van der Waals surface area contributed by atoms with E-state index in [0.29, 0.717) is 5.69 Å². The van der Waals surface area contributed by atoms with Crippen LogP contribution in [0.3, 0.4) is 0 Å². The van der Waals surface area contributed by atoms with Gasteiger partial charge in [-0.05, 0) is 36.3 Å². The molecule has 3 nitrogen and oxygen atoms in total. The van der Waals surface area contributed by atoms with Gasteiger partial charge in [-0.3, -0.25) is 4.98 Å². The van der Waals surface area contributed by atoms with Gasteiger partial charge in [-0.2, -0.15) is 0 Å². The van der Waals surface area contributed by atoms with Crippen LogP contribution < -0.4 is 0 Å². The van der Waals surface area contributed by atoms with Gasteiger partial charge in [0.15, 0.2) is 11.6 Å². The van der Waals surface area contributed by atoms with Gasteiger partial charge in [0.25, 0.3) is 0 Å². The first-order chi connectivity index (χ1) is 9.90. The van der Waals surface area contributed by atoms with Crippen molar-refractivity contribution >= 4 is 12.2 Å². The normalized spacial score (nSPS) is 11.5. The standard InChI is InChI=1S/C16H15F2NO2/c1-9(2)14-13(20)7-10(15(18)16(14)21)3-5-12-6-4-11(17)8-19-12/h3-9,20-21H,1-2H3/b5-3+. The molecule has 0 spiro atoms. The maximum atomic E-state index is 14.1. The Hall–Kier alpha value is -2.43. The molecule has 0 aliphatic heterocycles. The van der Waals surface area contributed by atoms with Gasteiger partial charge < -0.3 is 10.2 Å². The predicted molar refractivity (Wildman–Crippen MR) is 76.9 cm³/mol. The molecule has 0 unspecified atom stereocenters. The molecule has 1 aromatic heterocycles. The smallest absolute Gasteiger partial charge is 0.172 e. The van der Waals surface area contributed by atoms with E-state index in [2.05, 4.69) is 4.98 Å². The fourth-order valence-corrected chi connectivity index (χ4v) is 2.02. The molecule has 0 fully saturated rings. The molecule has 2 aromatic rings. The zero-order chi connectivity index (χ0) is 15.6. The topological polar surface area (TPSA) is 53.4 Å². The van der Waals surface area contributed by atoms with Crippen LogP contribution in [0.2, 0.25) is 0 Å². The number of aromatic nitrogens is 1. The predicted octanol–water partition coefficient (Wildman–Crippen LogP) is 4.06. The maximum Gasteiger partial charge on any atom is 0.172 e. The minimum Gasteiger partial charge on any atom is -0.507 e. The third kappa shape index (κ3) is 3.18. The van der Waals surface area contributed by atoms with Crippen molar-refractivity contribution in [2.24, 2.45) is 0 Å². The molecule has 21 heavy (non-hydrogen) atoms. The van der Waals surface area contributed by atoms with Crippen LogP contribution in [0.15, 0.2) is 24.4 Å². The van der Waals surface area contributed by atoms with Crippen molar-refractivity contribution in [2.45, 2.75) is 19.8 Å². The number of aromatic hydroxyl groups is 2. The van der Waals surface area contributed by atoms with E-state index in [0.717, 1.165) is 6.20 Å². The maximum absolute atomic E-state index is 14.1. The summed E-state index contributed by atoms with van der Waals surface area (Å²) in [5.74, 6) is -2.21. The van der Waals surface area contributed by atoms with Crippen molar-refractivity contribution in [3.63, 3.8) is 0 Å². The number of rotatable bonds is 3. The third-order valence-corrected chi connectivity index (χ3v) is 3.05. The summed E-state index contributed by atoms with van der Waals surface area (Å²) in [4.78, 5) is 3.80. The number of hydrogen-bond donors (Lipinski definition) is 2. The van der Waals surface area contributed by atoms with Crippen molar-refractivity contribution < 1.29 is 19.0 Å². The minimum absolute atomic E-state index is 0.0283. The first-order valence-corrected chi connectivity index (χ1v) is 6.44. The van der Waals surface area contributed by atoms with E-state index in [1.54, 1.807) is 13.8 Å². The van der Waals surface area contributed by atoms with Crippen LogP contribution in [-0.4, -0.2) is 15.2 Å². The Bertz CT molecular complexity index is 680. The number of phenolic OH excluding ortho intramolecular Hbond substituents is 2. The number of hydrogen-bond acceptors (Lipinski definition) is 3. The van der Waals surface area contributed by atoms with Crippen molar-refractivity contribution in [3.05, 3.63) is 52.9 Å². The van der Waals surface area contributed by atoms with E-state index in [1.807, 2.05) is 0 Å². The van der Waals surface area contributed by atoms with Crippen LogP contribution in [0.5, 0.6) is 11.5 Å². The SMILES string of the molecule is CC(C)c1c(O)cc(/C=C/c2ccc(F)cn2)c(F)c1O. The van der Waals surface area contributed by atoms with Crippen LogP contribution in [0.25, 0.3) is 12.2 Å². The summed E-state index contributed by atoms with van der Waals surface area (Å²) < 4.78 is 26.8. The number of nitrogens with zero attached hydrogens (tertiary/aromatic N) is 1. The van der Waals surface area contributed by atoms with E-state index in [-0.39, 0.29) is 22.8 Å². The third-order valence-electron chi connectivity index (χ3n) is 3.05. The van der Waals surface area contributed by atoms with Crippen LogP contribution in [0.1, 0.15) is 36.6 Å². The van der Waals surface area contributed by atoms with E-state index >= 15 is 0 Å². The summed E-state index contributed by atoms with van der Waals surface area (Å²) >= 11 is 0. The lowest BCUT2D eigenvalue weighted by Gasteiger charge is -2.13. The molecule has 1 aromatic carbocycles. The van der Waals surface area contributed by atoms with Crippen molar-refractivity contribution in [3.8, 4) is 11.5 Å². The molecule has 0 saturated carbocycles. The Morgan fingerprint density at radius 3 is 2.43 bits per heavy atom. The van der Waals surface area contributed by atoms with E-state index in [4.69, 9.17) is 0 Å². The van der Waals surface area contributed by atoms with Crippen LogP contribution in [-0.2, 0) is 0 Å². The lowest BCUT2D eigenvalue weighted by molar-refractivity contribution is 0.404. The first-order valence-electron chi connectivity index (χ1n) is 6.44. The summed E-state index contributed by atoms with van der Waals surface area (Å²) in [6, 6.07) is 3.91. The van der Waals surface area contributed by atoms with Crippen LogP contribution in [0, 0.1) is 11.6 Å². The van der Waals surface area contributed by atoms with E-state index in [1.165, 1.54) is 30.4 Å². The molecule has 1 heterocycles. The molecule has 0 bridgehead atoms. The number of phenols is 2. The Kier molecular flexibility index (Phi) is 4.21. The molecule has 2 rings (SSSR count). The number of halogens is 2. The molecular weight excluding hydrogens is 276 g/mol. The molecule has 0 aliphatic carbocycles. The summed E-state index contributed by atoms with van der Waals surface area (Å²) in [6.07, 6.45) is 3.87. The average molecular weight is 291 g/mol. The molecule has 2 N–H and O–H groups in total. The first kappa shape index (κ1) is 15.0. The summed E-state index contributed by atoms with van der Waals surface area (Å²) in [5.41, 5.74) is 0.632. The molecular formula is C16H15F2NO2. The number of pyridine rings is 1. The van der Waals surface area contributed by atoms with Gasteiger partial charge in [-0.15, -0.1) is 0 Å². The minimum atomic E-state index is -0.810. The zero-order valence-corrected chi connectivity index (χ0v) is 11.6. The molecule has 0 radical (unpaired) electrons. The highest BCUT2D eigenvalue weighted by Crippen LogP contribution is 2.38. The molecule has 0 amide bonds. The van der Waals surface area contributed by atoms with Crippen molar-refractivity contribution in [1.29, 1.82) is 0 Å². The second-order valence-electron chi connectivity index (χ2n) is 4.95. The molecule has 5 heteroatoms. The van der Waals surface area contributed by atoms with Gasteiger partial charge in [0.1, 0.15) is 11.6 Å². The van der Waals surface area contributed by atoms with Crippen molar-refractivity contribution in [1.82, 2.24) is 4.98 Å². The Balaban J connectivity index is 2.39. The monoisotopic (exact) mass is 291 g/mol. The van der Waals surface area contributed by atoms with Gasteiger partial charge >= 0.3 is 0 Å². The summed E-state index contributed by atoms with van der Waals surface area (Å²) in [5, 5.41) is 19.7. The lowest BCUT2D eigenvalue weighted by atomic mass is 9.98. The lowest BCUT2D eigenvalue weighted by Crippen LogP contribution is -1.94. The second-order valence-corrected chi connectivity index (χ2v) is 4.95. The van der Waals surface area contributed by atoms with Crippen LogP contribution >= 0.6 is 0 Å². The summed E-state index contributed by atoms with van der Waals surface area (Å²) in [7, 11) is 0. The molecule has 0 saturated heterocycles. The van der Waals surface area contributed by atoms with Gasteiger partial charge in [0, 0.05) is 11.1 Å². The highest BCUT2D eigenvalue weighted by atomic mass is 19.1. The zero-order valence-electron chi connectivity index (χ0n) is 11.6. The van der Waals surface area contributed by atoms with Gasteiger partial charge in [-0.25, -0.2) is 8.78 Å². The fourth-order valence-electron chi connectivity index (χ4n) is 2.02. The number of benzene rings is 1. The highest BCUT2D eigenvalue weighted by molar-refractivity contribution is 5.71. The van der Waals surface area contributed by atoms with Gasteiger partial charge in [-0.1, -0.05) is 13.8 Å². The van der Waals surface area contributed by atoms with Crippen molar-refractivity contribution in [2.75, 3.05) is 0 Å². The molecule has 0 aliphatic rings.